The molecule has 0 bridgehead atoms. The number of hydrogen-bond acceptors (Lipinski definition) is 4. The van der Waals surface area contributed by atoms with Gasteiger partial charge < -0.3 is 16.0 Å². The molecule has 0 spiro atoms. The third kappa shape index (κ3) is 3.88. The lowest BCUT2D eigenvalue weighted by Crippen LogP contribution is -2.21. The molecule has 4 nitrogen and oxygen atoms in total. The van der Waals surface area contributed by atoms with Crippen molar-refractivity contribution in [3.63, 3.8) is 0 Å². The summed E-state index contributed by atoms with van der Waals surface area (Å²) in [6.07, 6.45) is -1.35. The van der Waals surface area contributed by atoms with Crippen LogP contribution in [-0.4, -0.2) is 26.0 Å². The molecule has 1 aromatic rings. The molecule has 108 valence electrons. The molecule has 1 aromatic carbocycles. The molecule has 0 radical (unpaired) electrons. The van der Waals surface area contributed by atoms with E-state index in [9.17, 15) is 8.78 Å². The van der Waals surface area contributed by atoms with E-state index in [0.717, 1.165) is 6.21 Å². The highest BCUT2D eigenvalue weighted by Crippen LogP contribution is 2.22. The van der Waals surface area contributed by atoms with Gasteiger partial charge in [0.1, 0.15) is 5.82 Å². The van der Waals surface area contributed by atoms with Crippen LogP contribution in [0.3, 0.4) is 0 Å². The molecule has 0 unspecified atom stereocenters. The lowest BCUT2D eigenvalue weighted by Gasteiger charge is -2.15. The van der Waals surface area contributed by atoms with Gasteiger partial charge in [-0.05, 0) is 19.1 Å². The van der Waals surface area contributed by atoms with E-state index >= 15 is 0 Å². The molecular formula is C14H18F2N4. The quantitative estimate of drug-likeness (QED) is 0.701. The van der Waals surface area contributed by atoms with Crippen LogP contribution in [0.1, 0.15) is 18.9 Å². The second-order valence-electron chi connectivity index (χ2n) is 4.04. The topological polar surface area (TPSA) is 60.3 Å². The van der Waals surface area contributed by atoms with E-state index in [-0.39, 0.29) is 5.56 Å². The normalized spacial score (nSPS) is 13.0. The van der Waals surface area contributed by atoms with Crippen molar-refractivity contribution >= 4 is 17.6 Å². The molecule has 0 aromatic heterocycles. The summed E-state index contributed by atoms with van der Waals surface area (Å²) in [5.74, 6) is 0.537. The smallest absolute Gasteiger partial charge is 0.263 e. The zero-order chi connectivity index (χ0) is 15.1. The molecule has 0 fully saturated rings. The van der Waals surface area contributed by atoms with E-state index in [4.69, 9.17) is 5.41 Å². The summed E-state index contributed by atoms with van der Waals surface area (Å²) in [6.45, 7) is 1.77. The second-order valence-corrected chi connectivity index (χ2v) is 4.04. The maximum Gasteiger partial charge on any atom is 0.263 e. The Morgan fingerprint density at radius 1 is 1.40 bits per heavy atom. The van der Waals surface area contributed by atoms with Gasteiger partial charge in [-0.15, -0.1) is 0 Å². The first-order chi connectivity index (χ1) is 9.53. The number of hydrogen-bond donors (Lipinski definition) is 3. The van der Waals surface area contributed by atoms with E-state index < -0.39 is 6.43 Å². The molecule has 0 aliphatic rings. The summed E-state index contributed by atoms with van der Waals surface area (Å²) in [4.78, 5) is 4.02. The number of benzene rings is 1. The predicted molar refractivity (Wildman–Crippen MR) is 78.9 cm³/mol. The third-order valence-electron chi connectivity index (χ3n) is 2.80. The van der Waals surface area contributed by atoms with Gasteiger partial charge in [0.15, 0.2) is 0 Å². The summed E-state index contributed by atoms with van der Waals surface area (Å²) in [7, 11) is 3.31. The van der Waals surface area contributed by atoms with Crippen molar-refractivity contribution in [2.75, 3.05) is 19.4 Å². The molecule has 0 saturated carbocycles. The summed E-state index contributed by atoms with van der Waals surface area (Å²) in [5.41, 5.74) is 1.71. The summed E-state index contributed by atoms with van der Waals surface area (Å²) < 4.78 is 25.3. The van der Waals surface area contributed by atoms with Crippen molar-refractivity contribution < 1.29 is 8.78 Å². The standard InChI is InChI=1S/C14H18F2N4/c1-9(18-2)12(8-17)14(19-3)20-11-6-4-5-10(7-11)13(15)16/h4-8,13,17,19-20H,1-3H3/b14-12+,17-8?,18-9-. The van der Waals surface area contributed by atoms with E-state index in [1.54, 1.807) is 33.2 Å². The third-order valence-corrected chi connectivity index (χ3v) is 2.80. The zero-order valence-electron chi connectivity index (χ0n) is 11.7. The summed E-state index contributed by atoms with van der Waals surface area (Å²) >= 11 is 0. The summed E-state index contributed by atoms with van der Waals surface area (Å²) in [6, 6.07) is 5.99. The molecule has 0 amide bonds. The molecule has 6 heteroatoms. The highest BCUT2D eigenvalue weighted by Gasteiger charge is 2.10. The first kappa shape index (κ1) is 15.8. The fourth-order valence-corrected chi connectivity index (χ4v) is 1.64. The SMILES string of the molecule is C/N=C(C)\C(C=N)=C(/NC)Nc1cccc(C(F)F)c1. The Labute approximate surface area is 117 Å². The average Bonchev–Trinajstić information content (AvgIpc) is 2.46. The lowest BCUT2D eigenvalue weighted by molar-refractivity contribution is 0.151. The van der Waals surface area contributed by atoms with Gasteiger partial charge in [-0.1, -0.05) is 12.1 Å². The van der Waals surface area contributed by atoms with Crippen LogP contribution in [0.25, 0.3) is 0 Å². The van der Waals surface area contributed by atoms with Gasteiger partial charge in [-0.3, -0.25) is 4.99 Å². The van der Waals surface area contributed by atoms with E-state index in [2.05, 4.69) is 15.6 Å². The number of anilines is 1. The fraction of sp³-hybridized carbons (Fsp3) is 0.286. The van der Waals surface area contributed by atoms with Crippen molar-refractivity contribution in [1.29, 1.82) is 5.41 Å². The van der Waals surface area contributed by atoms with Gasteiger partial charge in [-0.25, -0.2) is 8.78 Å². The average molecular weight is 280 g/mol. The largest absolute Gasteiger partial charge is 0.374 e. The maximum atomic E-state index is 12.7. The molecule has 0 heterocycles. The monoisotopic (exact) mass is 280 g/mol. The van der Waals surface area contributed by atoms with Crippen LogP contribution in [0.5, 0.6) is 0 Å². The molecular weight excluding hydrogens is 262 g/mol. The molecule has 1 rings (SSSR count). The minimum absolute atomic E-state index is 0.0530. The molecule has 0 aliphatic heterocycles. The van der Waals surface area contributed by atoms with Gasteiger partial charge in [0.2, 0.25) is 0 Å². The van der Waals surface area contributed by atoms with E-state index in [0.29, 0.717) is 22.8 Å². The van der Waals surface area contributed by atoms with E-state index in [1.807, 2.05) is 0 Å². The zero-order valence-corrected chi connectivity index (χ0v) is 11.7. The number of rotatable bonds is 6. The predicted octanol–water partition coefficient (Wildman–Crippen LogP) is 3.21. The molecule has 3 N–H and O–H groups in total. The number of allylic oxidation sites excluding steroid dienone is 1. The fourth-order valence-electron chi connectivity index (χ4n) is 1.64. The van der Waals surface area contributed by atoms with Crippen LogP contribution >= 0.6 is 0 Å². The Morgan fingerprint density at radius 3 is 2.60 bits per heavy atom. The first-order valence-corrected chi connectivity index (χ1v) is 6.04. The number of nitrogens with zero attached hydrogens (tertiary/aromatic N) is 1. The Bertz CT molecular complexity index is 536. The number of nitrogens with one attached hydrogen (secondary N) is 3. The van der Waals surface area contributed by atoms with Gasteiger partial charge in [0, 0.05) is 37.3 Å². The first-order valence-electron chi connectivity index (χ1n) is 6.04. The van der Waals surface area contributed by atoms with Crippen LogP contribution in [0.2, 0.25) is 0 Å². The molecule has 20 heavy (non-hydrogen) atoms. The minimum Gasteiger partial charge on any atom is -0.374 e. The van der Waals surface area contributed by atoms with Crippen molar-refractivity contribution in [3.8, 4) is 0 Å². The summed E-state index contributed by atoms with van der Waals surface area (Å²) in [5, 5.41) is 13.3. The number of halogens is 2. The van der Waals surface area contributed by atoms with Gasteiger partial charge in [0.05, 0.1) is 5.57 Å². The van der Waals surface area contributed by atoms with E-state index in [1.165, 1.54) is 12.1 Å². The molecule has 0 atom stereocenters. The van der Waals surface area contributed by atoms with Gasteiger partial charge in [-0.2, -0.15) is 0 Å². The lowest BCUT2D eigenvalue weighted by atomic mass is 10.1. The highest BCUT2D eigenvalue weighted by atomic mass is 19.3. The van der Waals surface area contributed by atoms with Crippen molar-refractivity contribution in [2.45, 2.75) is 13.3 Å². The van der Waals surface area contributed by atoms with Crippen LogP contribution < -0.4 is 10.6 Å². The number of aliphatic imine (C=N–C) groups is 1. The molecule has 0 saturated heterocycles. The Morgan fingerprint density at radius 2 is 2.10 bits per heavy atom. The Kier molecular flexibility index (Phi) is 5.83. The van der Waals surface area contributed by atoms with Crippen molar-refractivity contribution in [3.05, 3.63) is 41.2 Å². The van der Waals surface area contributed by atoms with Crippen molar-refractivity contribution in [1.82, 2.24) is 5.32 Å². The van der Waals surface area contributed by atoms with Crippen molar-refractivity contribution in [2.24, 2.45) is 4.99 Å². The van der Waals surface area contributed by atoms with Crippen LogP contribution in [-0.2, 0) is 0 Å². The Hall–Kier alpha value is -2.24. The minimum atomic E-state index is -2.51. The highest BCUT2D eigenvalue weighted by molar-refractivity contribution is 6.15. The van der Waals surface area contributed by atoms with Crippen LogP contribution in [0, 0.1) is 5.41 Å². The molecule has 0 aliphatic carbocycles. The number of alkyl halides is 2. The Balaban J connectivity index is 3.13. The maximum absolute atomic E-state index is 12.7. The van der Waals surface area contributed by atoms with Crippen LogP contribution in [0.15, 0.2) is 40.7 Å². The second kappa shape index (κ2) is 7.37. The van der Waals surface area contributed by atoms with Gasteiger partial charge in [0.25, 0.3) is 6.43 Å². The van der Waals surface area contributed by atoms with Gasteiger partial charge >= 0.3 is 0 Å². The van der Waals surface area contributed by atoms with Crippen LogP contribution in [0.4, 0.5) is 14.5 Å².